The van der Waals surface area contributed by atoms with Gasteiger partial charge in [0, 0.05) is 0 Å². The van der Waals surface area contributed by atoms with Crippen LogP contribution in [0.3, 0.4) is 0 Å². The minimum Gasteiger partial charge on any atom is -0.390 e. The number of aliphatic hydroxyl groups is 2. The van der Waals surface area contributed by atoms with E-state index in [0.717, 1.165) is 61.2 Å². The quantitative estimate of drug-likeness (QED) is 0.709. The van der Waals surface area contributed by atoms with Gasteiger partial charge in [-0.3, -0.25) is 0 Å². The van der Waals surface area contributed by atoms with E-state index in [1.54, 1.807) is 0 Å². The lowest BCUT2D eigenvalue weighted by Gasteiger charge is -2.85. The lowest BCUT2D eigenvalue weighted by atomic mass is 9.20. The fourth-order valence-electron chi connectivity index (χ4n) is 10.3. The fraction of sp³-hybridized carbons (Fsp3) is 1.00. The summed E-state index contributed by atoms with van der Waals surface area (Å²) in [7, 11) is 0. The smallest absolute Gasteiger partial charge is 0.0712 e. The van der Waals surface area contributed by atoms with Crippen molar-refractivity contribution in [1.29, 1.82) is 0 Å². The molecular formula is C18H24O2. The molecule has 10 fully saturated rings. The zero-order valence-electron chi connectivity index (χ0n) is 12.0. The van der Waals surface area contributed by atoms with E-state index in [1.165, 1.54) is 19.3 Å². The van der Waals surface area contributed by atoms with Crippen LogP contribution in [-0.4, -0.2) is 21.4 Å². The summed E-state index contributed by atoms with van der Waals surface area (Å²) in [6.45, 7) is 0. The first-order chi connectivity index (χ1) is 9.54. The topological polar surface area (TPSA) is 40.5 Å². The molecular weight excluding hydrogens is 248 g/mol. The van der Waals surface area contributed by atoms with Gasteiger partial charge in [0.1, 0.15) is 0 Å². The highest BCUT2D eigenvalue weighted by atomic mass is 16.3. The van der Waals surface area contributed by atoms with Gasteiger partial charge >= 0.3 is 0 Å². The van der Waals surface area contributed by atoms with Crippen molar-refractivity contribution in [3.8, 4) is 0 Å². The van der Waals surface area contributed by atoms with E-state index < -0.39 is 0 Å². The van der Waals surface area contributed by atoms with Gasteiger partial charge in [-0.15, -0.1) is 0 Å². The zero-order chi connectivity index (χ0) is 13.1. The summed E-state index contributed by atoms with van der Waals surface area (Å²) in [6.07, 6.45) is 8.41. The third-order valence-corrected chi connectivity index (χ3v) is 9.80. The Morgan fingerprint density at radius 1 is 0.750 bits per heavy atom. The van der Waals surface area contributed by atoms with Crippen LogP contribution in [-0.2, 0) is 0 Å². The van der Waals surface area contributed by atoms with Gasteiger partial charge in [0.2, 0.25) is 0 Å². The Bertz CT molecular complexity index is 522. The summed E-state index contributed by atoms with van der Waals surface area (Å²) in [5.74, 6) is 6.01. The van der Waals surface area contributed by atoms with Gasteiger partial charge in [0.05, 0.1) is 11.2 Å². The van der Waals surface area contributed by atoms with Crippen LogP contribution in [0.15, 0.2) is 0 Å². The van der Waals surface area contributed by atoms with Crippen LogP contribution in [0.4, 0.5) is 0 Å². The summed E-state index contributed by atoms with van der Waals surface area (Å²) in [4.78, 5) is 0. The molecule has 0 amide bonds. The second-order valence-corrected chi connectivity index (χ2v) is 10.0. The van der Waals surface area contributed by atoms with E-state index in [9.17, 15) is 10.2 Å². The van der Waals surface area contributed by atoms with Crippen molar-refractivity contribution < 1.29 is 10.2 Å². The summed E-state index contributed by atoms with van der Waals surface area (Å²) in [5.41, 5.74) is -0.111. The molecule has 0 aliphatic heterocycles. The molecule has 0 aromatic heterocycles. The molecule has 2 N–H and O–H groups in total. The van der Waals surface area contributed by atoms with Crippen molar-refractivity contribution in [2.75, 3.05) is 0 Å². The van der Waals surface area contributed by atoms with Gasteiger partial charge in [-0.25, -0.2) is 0 Å². The minimum absolute atomic E-state index is 0.278. The van der Waals surface area contributed by atoms with Crippen LogP contribution < -0.4 is 0 Å². The summed E-state index contributed by atoms with van der Waals surface area (Å²) in [5, 5.41) is 22.6. The first-order valence-corrected chi connectivity index (χ1v) is 8.99. The Balaban J connectivity index is 1.56. The first kappa shape index (κ1) is 10.6. The van der Waals surface area contributed by atoms with Crippen LogP contribution in [0.2, 0.25) is 0 Å². The maximum absolute atomic E-state index is 11.5. The highest BCUT2D eigenvalue weighted by Crippen LogP contribution is 2.85. The van der Waals surface area contributed by atoms with Crippen molar-refractivity contribution in [1.82, 2.24) is 0 Å². The van der Waals surface area contributed by atoms with Crippen LogP contribution in [0.25, 0.3) is 0 Å². The molecule has 10 aliphatic carbocycles. The number of rotatable bonds is 0. The Labute approximate surface area is 119 Å². The van der Waals surface area contributed by atoms with Gasteiger partial charge in [-0.2, -0.15) is 0 Å². The molecule has 2 heteroatoms. The van der Waals surface area contributed by atoms with Crippen LogP contribution in [0.1, 0.15) is 44.9 Å². The third kappa shape index (κ3) is 0.764. The van der Waals surface area contributed by atoms with Crippen molar-refractivity contribution in [2.24, 2.45) is 52.8 Å². The zero-order valence-corrected chi connectivity index (χ0v) is 12.0. The van der Waals surface area contributed by atoms with E-state index in [-0.39, 0.29) is 11.2 Å². The maximum atomic E-state index is 11.5. The molecule has 10 saturated carbocycles. The molecule has 10 rings (SSSR count). The summed E-state index contributed by atoms with van der Waals surface area (Å²) >= 11 is 0. The Kier molecular flexibility index (Phi) is 1.35. The highest BCUT2D eigenvalue weighted by molar-refractivity contribution is 5.32. The van der Waals surface area contributed by atoms with E-state index >= 15 is 0 Å². The second-order valence-electron chi connectivity index (χ2n) is 10.0. The molecule has 0 aromatic rings. The van der Waals surface area contributed by atoms with Crippen molar-refractivity contribution >= 4 is 0 Å². The molecule has 0 radical (unpaired) electrons. The molecule has 10 aliphatic rings. The Morgan fingerprint density at radius 3 is 2.05 bits per heavy atom. The van der Waals surface area contributed by atoms with E-state index in [4.69, 9.17) is 0 Å². The monoisotopic (exact) mass is 272 g/mol. The van der Waals surface area contributed by atoms with Crippen molar-refractivity contribution in [2.45, 2.75) is 56.1 Å². The standard InChI is InChI=1S/C18H24O2/c19-16-4-10-9-6-18(20)12-1-8-2-13(18)15(11(9)5-16)17(3-8,7-16)14(10)12/h8-15,19-20H,1-7H2/t8?,9?,10-,11+,12-,13+,14+,15-,16?,17?,18?. The molecule has 11 bridgehead atoms. The van der Waals surface area contributed by atoms with Gasteiger partial charge in [0.25, 0.3) is 0 Å². The molecule has 0 heterocycles. The summed E-state index contributed by atoms with van der Waals surface area (Å²) in [6, 6.07) is 0. The average molecular weight is 272 g/mol. The lowest BCUT2D eigenvalue weighted by Crippen LogP contribution is -2.84. The normalized spacial score (nSPS) is 80.7. The molecule has 11 atom stereocenters. The van der Waals surface area contributed by atoms with E-state index in [0.29, 0.717) is 17.3 Å². The number of hydrogen-bond donors (Lipinski definition) is 2. The predicted octanol–water partition coefficient (Wildman–Crippen LogP) is 2.19. The average Bonchev–Trinajstić information content (AvgIpc) is 2.36. The van der Waals surface area contributed by atoms with Gasteiger partial charge < -0.3 is 10.2 Å². The molecule has 5 unspecified atom stereocenters. The number of hydrogen-bond acceptors (Lipinski definition) is 2. The maximum Gasteiger partial charge on any atom is 0.0712 e. The largest absolute Gasteiger partial charge is 0.390 e. The van der Waals surface area contributed by atoms with E-state index in [1.807, 2.05) is 0 Å². The summed E-state index contributed by atoms with van der Waals surface area (Å²) < 4.78 is 0. The van der Waals surface area contributed by atoms with Gasteiger partial charge in [0.15, 0.2) is 0 Å². The van der Waals surface area contributed by atoms with Crippen LogP contribution >= 0.6 is 0 Å². The van der Waals surface area contributed by atoms with Gasteiger partial charge in [-0.05, 0) is 97.7 Å². The Hall–Kier alpha value is -0.0800. The van der Waals surface area contributed by atoms with Crippen molar-refractivity contribution in [3.05, 3.63) is 0 Å². The van der Waals surface area contributed by atoms with Crippen LogP contribution in [0.5, 0.6) is 0 Å². The lowest BCUT2D eigenvalue weighted by molar-refractivity contribution is -0.408. The molecule has 1 spiro atoms. The fourth-order valence-corrected chi connectivity index (χ4v) is 10.3. The molecule has 0 aromatic carbocycles. The molecule has 2 nitrogen and oxygen atoms in total. The van der Waals surface area contributed by atoms with Gasteiger partial charge in [-0.1, -0.05) is 0 Å². The SMILES string of the molecule is OC12C[C@@H]3C4CC5(O)[C@@H]6CC7C[C@H]5[C@@H]([C@H]4C1)C(C7)(C2)[C@@H]36. The minimum atomic E-state index is -0.306. The third-order valence-electron chi connectivity index (χ3n) is 9.80. The Morgan fingerprint density at radius 2 is 1.40 bits per heavy atom. The molecule has 0 saturated heterocycles. The second kappa shape index (κ2) is 2.54. The first-order valence-electron chi connectivity index (χ1n) is 8.99. The highest BCUT2D eigenvalue weighted by Gasteiger charge is 2.83. The molecule has 20 heavy (non-hydrogen) atoms. The predicted molar refractivity (Wildman–Crippen MR) is 72.6 cm³/mol. The van der Waals surface area contributed by atoms with Crippen molar-refractivity contribution in [3.63, 3.8) is 0 Å². The van der Waals surface area contributed by atoms with E-state index in [2.05, 4.69) is 0 Å². The molecule has 108 valence electrons. The van der Waals surface area contributed by atoms with Crippen LogP contribution in [0, 0.1) is 52.8 Å².